The molecule has 41 heavy (non-hydrogen) atoms. The van der Waals surface area contributed by atoms with Gasteiger partial charge in [0.25, 0.3) is 5.60 Å². The number of aromatic nitrogens is 4. The Morgan fingerprint density at radius 2 is 1.98 bits per heavy atom. The molecule has 0 aliphatic carbocycles. The monoisotopic (exact) mass is 610 g/mol. The lowest BCUT2D eigenvalue weighted by atomic mass is 9.94. The number of carbonyl (C=O) groups excluding carboxylic acids is 1. The number of imidazole rings is 1. The van der Waals surface area contributed by atoms with Crippen molar-refractivity contribution < 1.29 is 38.4 Å². The molecule has 4 rings (SSSR count). The molecule has 3 heterocycles. The topological polar surface area (TPSA) is 146 Å². The molecule has 222 valence electrons. The fourth-order valence-electron chi connectivity index (χ4n) is 4.50. The normalized spacial score (nSPS) is 22.1. The first-order valence-corrected chi connectivity index (χ1v) is 14.7. The van der Waals surface area contributed by atoms with Gasteiger partial charge in [-0.15, -0.1) is 11.8 Å². The highest BCUT2D eigenvalue weighted by molar-refractivity contribution is 7.99. The van der Waals surface area contributed by atoms with Crippen molar-refractivity contribution in [3.8, 4) is 0 Å². The van der Waals surface area contributed by atoms with Gasteiger partial charge in [-0.1, -0.05) is 50.1 Å². The summed E-state index contributed by atoms with van der Waals surface area (Å²) in [5, 5.41) is 21.3. The van der Waals surface area contributed by atoms with E-state index in [1.165, 1.54) is 29.6 Å². The van der Waals surface area contributed by atoms with E-state index in [0.29, 0.717) is 16.1 Å². The zero-order chi connectivity index (χ0) is 29.6. The van der Waals surface area contributed by atoms with E-state index in [4.69, 9.17) is 25.8 Å². The smallest absolute Gasteiger partial charge is 0.350 e. The van der Waals surface area contributed by atoms with Crippen LogP contribution in [0.25, 0.3) is 11.2 Å². The summed E-state index contributed by atoms with van der Waals surface area (Å²) in [6, 6.07) is 8.41. The number of alkyl halides is 1. The molecule has 1 aliphatic heterocycles. The summed E-state index contributed by atoms with van der Waals surface area (Å²) in [7, 11) is 0. The molecular weight excluding hydrogens is 579 g/mol. The number of carbonyl (C=O) groups is 2. The minimum absolute atomic E-state index is 0.0485. The standard InChI is InChI=1S/C27H32ClFN4O7S/c1-3-5-9-12-41-22-19-21(31-26(28)32-22)33(15-30-19)23-18(29)20(34)17(40-23)14-39-27(24(35)36,25(37)38-4-2)13-16-10-7-6-8-11-16/h6-8,10-11,15,17-18,20,23,34H,3-5,9,12-14H2,1-2H3,(H,35,36)/t17-,18+,20-,23-,27?/m1/s1. The second kappa shape index (κ2) is 13.9. The molecule has 5 atom stereocenters. The predicted octanol–water partition coefficient (Wildman–Crippen LogP) is 4.00. The van der Waals surface area contributed by atoms with Crippen LogP contribution in [0.1, 0.15) is 44.9 Å². The number of hydrogen-bond donors (Lipinski definition) is 2. The zero-order valence-electron chi connectivity index (χ0n) is 22.6. The van der Waals surface area contributed by atoms with Crippen molar-refractivity contribution in [2.24, 2.45) is 0 Å². The van der Waals surface area contributed by atoms with E-state index in [1.54, 1.807) is 30.3 Å². The summed E-state index contributed by atoms with van der Waals surface area (Å²) in [5.74, 6) is -1.91. The molecule has 0 radical (unpaired) electrons. The Morgan fingerprint density at radius 3 is 2.66 bits per heavy atom. The third-order valence-electron chi connectivity index (χ3n) is 6.66. The van der Waals surface area contributed by atoms with Crippen LogP contribution in [0.5, 0.6) is 0 Å². The van der Waals surface area contributed by atoms with Gasteiger partial charge in [-0.05, 0) is 36.3 Å². The highest BCUT2D eigenvalue weighted by Gasteiger charge is 2.52. The minimum Gasteiger partial charge on any atom is -0.479 e. The number of thioether (sulfide) groups is 1. The molecule has 1 saturated heterocycles. The Balaban J connectivity index is 1.56. The number of nitrogens with zero attached hydrogens (tertiary/aromatic N) is 4. The second-order valence-corrected chi connectivity index (χ2v) is 10.9. The van der Waals surface area contributed by atoms with E-state index in [0.717, 1.165) is 25.0 Å². The number of aliphatic hydroxyl groups is 1. The number of esters is 1. The quantitative estimate of drug-likeness (QED) is 0.0682. The molecule has 1 aliphatic rings. The maximum absolute atomic E-state index is 15.4. The fourth-order valence-corrected chi connectivity index (χ4v) is 5.69. The third kappa shape index (κ3) is 6.81. The number of carboxylic acids is 1. The molecule has 2 aromatic heterocycles. The Hall–Kier alpha value is -2.84. The van der Waals surface area contributed by atoms with E-state index in [-0.39, 0.29) is 24.0 Å². The van der Waals surface area contributed by atoms with E-state index >= 15 is 4.39 Å². The minimum atomic E-state index is -2.45. The third-order valence-corrected chi connectivity index (χ3v) is 7.88. The first-order chi connectivity index (χ1) is 19.7. The van der Waals surface area contributed by atoms with Crippen molar-refractivity contribution in [1.82, 2.24) is 19.5 Å². The van der Waals surface area contributed by atoms with E-state index in [9.17, 15) is 19.8 Å². The molecule has 3 aromatic rings. The van der Waals surface area contributed by atoms with Crippen LogP contribution in [-0.2, 0) is 30.2 Å². The molecule has 0 spiro atoms. The molecule has 11 nitrogen and oxygen atoms in total. The summed E-state index contributed by atoms with van der Waals surface area (Å²) in [4.78, 5) is 38.1. The van der Waals surface area contributed by atoms with Crippen molar-refractivity contribution in [2.45, 2.75) is 74.8 Å². The summed E-state index contributed by atoms with van der Waals surface area (Å²) >= 11 is 7.63. The van der Waals surface area contributed by atoms with Crippen LogP contribution in [0.2, 0.25) is 5.28 Å². The Bertz CT molecular complexity index is 1350. The summed E-state index contributed by atoms with van der Waals surface area (Å²) in [6.45, 7) is 2.95. The Morgan fingerprint density at radius 1 is 1.22 bits per heavy atom. The first kappa shape index (κ1) is 31.1. The van der Waals surface area contributed by atoms with E-state index in [1.807, 2.05) is 0 Å². The number of benzene rings is 1. The van der Waals surface area contributed by atoms with Crippen molar-refractivity contribution in [2.75, 3.05) is 19.0 Å². The van der Waals surface area contributed by atoms with E-state index < -0.39 is 48.8 Å². The fraction of sp³-hybridized carbons (Fsp3) is 0.519. The van der Waals surface area contributed by atoms with Crippen LogP contribution in [0, 0.1) is 0 Å². The van der Waals surface area contributed by atoms with Gasteiger partial charge < -0.3 is 24.4 Å². The largest absolute Gasteiger partial charge is 0.479 e. The zero-order valence-corrected chi connectivity index (χ0v) is 24.2. The number of fused-ring (bicyclic) bond motifs is 1. The predicted molar refractivity (Wildman–Crippen MR) is 148 cm³/mol. The van der Waals surface area contributed by atoms with Crippen LogP contribution in [0.4, 0.5) is 4.39 Å². The van der Waals surface area contributed by atoms with Crippen LogP contribution < -0.4 is 0 Å². The summed E-state index contributed by atoms with van der Waals surface area (Å²) in [6.07, 6.45) is -2.27. The maximum Gasteiger partial charge on any atom is 0.350 e. The lowest BCUT2D eigenvalue weighted by molar-refractivity contribution is -0.193. The number of carboxylic acid groups (broad SMARTS) is 1. The summed E-state index contributed by atoms with van der Waals surface area (Å²) in [5.41, 5.74) is -1.31. The Kier molecular flexibility index (Phi) is 10.5. The first-order valence-electron chi connectivity index (χ1n) is 13.3. The number of aliphatic carboxylic acids is 1. The molecule has 0 saturated carbocycles. The van der Waals surface area contributed by atoms with Gasteiger partial charge in [-0.25, -0.2) is 23.9 Å². The number of halogens is 2. The molecule has 1 aromatic carbocycles. The van der Waals surface area contributed by atoms with Crippen molar-refractivity contribution in [3.63, 3.8) is 0 Å². The highest BCUT2D eigenvalue weighted by Crippen LogP contribution is 2.36. The lowest BCUT2D eigenvalue weighted by Crippen LogP contribution is -2.53. The van der Waals surface area contributed by atoms with Crippen LogP contribution in [0.3, 0.4) is 0 Å². The van der Waals surface area contributed by atoms with Crippen LogP contribution in [0.15, 0.2) is 41.7 Å². The summed E-state index contributed by atoms with van der Waals surface area (Å²) < 4.78 is 33.3. The number of hydrogen-bond acceptors (Lipinski definition) is 10. The highest BCUT2D eigenvalue weighted by atomic mass is 35.5. The van der Waals surface area contributed by atoms with Gasteiger partial charge in [-0.2, -0.15) is 4.98 Å². The Labute approximate surface area is 245 Å². The van der Waals surface area contributed by atoms with Gasteiger partial charge >= 0.3 is 11.9 Å². The molecular formula is C27H32ClFN4O7S. The molecule has 0 bridgehead atoms. The molecule has 1 fully saturated rings. The van der Waals surface area contributed by atoms with Crippen molar-refractivity contribution in [3.05, 3.63) is 47.5 Å². The van der Waals surface area contributed by atoms with Crippen molar-refractivity contribution >= 4 is 46.5 Å². The number of unbranched alkanes of at least 4 members (excludes halogenated alkanes) is 2. The van der Waals surface area contributed by atoms with Gasteiger partial charge in [0.1, 0.15) is 22.8 Å². The molecule has 14 heteroatoms. The van der Waals surface area contributed by atoms with Gasteiger partial charge in [-0.3, -0.25) is 4.57 Å². The maximum atomic E-state index is 15.4. The molecule has 2 N–H and O–H groups in total. The van der Waals surface area contributed by atoms with Gasteiger partial charge in [0, 0.05) is 6.42 Å². The van der Waals surface area contributed by atoms with Gasteiger partial charge in [0.05, 0.1) is 19.5 Å². The van der Waals surface area contributed by atoms with Crippen LogP contribution >= 0.6 is 23.4 Å². The van der Waals surface area contributed by atoms with Gasteiger partial charge in [0.15, 0.2) is 18.0 Å². The number of aliphatic hydroxyl groups excluding tert-OH is 1. The lowest BCUT2D eigenvalue weighted by Gasteiger charge is -2.29. The molecule has 1 unspecified atom stereocenters. The van der Waals surface area contributed by atoms with Crippen LogP contribution in [-0.4, -0.2) is 84.6 Å². The second-order valence-electron chi connectivity index (χ2n) is 9.50. The van der Waals surface area contributed by atoms with Gasteiger partial charge in [0.2, 0.25) is 5.28 Å². The van der Waals surface area contributed by atoms with E-state index in [2.05, 4.69) is 21.9 Å². The average molecular weight is 611 g/mol. The number of rotatable bonds is 14. The number of ether oxygens (including phenoxy) is 3. The average Bonchev–Trinajstić information content (AvgIpc) is 3.49. The molecule has 0 amide bonds. The SMILES string of the molecule is CCCCCSc1nc(Cl)nc2c1ncn2[C@@H]1O[C@H](COC(Cc2ccccc2)(C(=O)O)C(=O)OCC)[C@@H](O)[C@@H]1F. The van der Waals surface area contributed by atoms with Crippen molar-refractivity contribution in [1.29, 1.82) is 0 Å².